The highest BCUT2D eigenvalue weighted by Gasteiger charge is 2.26. The van der Waals surface area contributed by atoms with E-state index in [1.54, 1.807) is 0 Å². The van der Waals surface area contributed by atoms with Crippen LogP contribution in [0.2, 0.25) is 0 Å². The van der Waals surface area contributed by atoms with Crippen LogP contribution in [0.3, 0.4) is 0 Å². The van der Waals surface area contributed by atoms with Crippen LogP contribution < -0.4 is 0 Å². The topological polar surface area (TPSA) is 51.0 Å². The van der Waals surface area contributed by atoms with Crippen LogP contribution in [0, 0.1) is 0 Å². The number of carbonyl (C=O) groups excluding carboxylic acids is 1. The zero-order chi connectivity index (χ0) is 19.0. The first kappa shape index (κ1) is 17.7. The molecule has 3 aromatic rings. The maximum Gasteiger partial charge on any atom is 0.254 e. The number of pyridine rings is 1. The van der Waals surface area contributed by atoms with Gasteiger partial charge in [0.05, 0.1) is 23.0 Å². The predicted molar refractivity (Wildman–Crippen MR) is 108 cm³/mol. The molecule has 0 spiro atoms. The normalized spacial score (nSPS) is 17.6. The number of aromatic nitrogens is 3. The van der Waals surface area contributed by atoms with E-state index in [-0.39, 0.29) is 18.0 Å². The van der Waals surface area contributed by atoms with Gasteiger partial charge in [0.2, 0.25) is 0 Å². The first-order valence-electron chi connectivity index (χ1n) is 9.80. The molecule has 1 atom stereocenters. The molecule has 1 amide bonds. The summed E-state index contributed by atoms with van der Waals surface area (Å²) < 4.78 is 1.92. The van der Waals surface area contributed by atoms with E-state index in [2.05, 4.69) is 25.9 Å². The summed E-state index contributed by atoms with van der Waals surface area (Å²) in [5.74, 6) is 0.110. The van der Waals surface area contributed by atoms with Gasteiger partial charge >= 0.3 is 0 Å². The van der Waals surface area contributed by atoms with Gasteiger partial charge in [-0.15, -0.1) is 0 Å². The molecule has 0 unspecified atom stereocenters. The summed E-state index contributed by atoms with van der Waals surface area (Å²) in [5.41, 5.74) is 3.32. The fraction of sp³-hybridized carbons (Fsp3) is 0.409. The van der Waals surface area contributed by atoms with Crippen molar-refractivity contribution < 1.29 is 4.79 Å². The number of piperidine rings is 1. The van der Waals surface area contributed by atoms with E-state index in [0.29, 0.717) is 0 Å². The molecule has 1 aliphatic heterocycles. The van der Waals surface area contributed by atoms with Crippen molar-refractivity contribution in [3.63, 3.8) is 0 Å². The van der Waals surface area contributed by atoms with E-state index >= 15 is 0 Å². The van der Waals surface area contributed by atoms with Crippen molar-refractivity contribution >= 4 is 16.8 Å². The van der Waals surface area contributed by atoms with Gasteiger partial charge in [0.1, 0.15) is 0 Å². The molecular weight excluding hydrogens is 336 g/mol. The van der Waals surface area contributed by atoms with Crippen molar-refractivity contribution in [1.82, 2.24) is 19.7 Å². The van der Waals surface area contributed by atoms with Gasteiger partial charge in [-0.3, -0.25) is 9.48 Å². The van der Waals surface area contributed by atoms with Gasteiger partial charge in [-0.1, -0.05) is 18.2 Å². The minimum absolute atomic E-state index is 0.110. The van der Waals surface area contributed by atoms with Gasteiger partial charge in [-0.2, -0.15) is 5.10 Å². The molecule has 1 saturated heterocycles. The molecule has 1 fully saturated rings. The van der Waals surface area contributed by atoms with Crippen LogP contribution in [0.1, 0.15) is 56.4 Å². The molecule has 3 heterocycles. The number of rotatable bonds is 3. The van der Waals surface area contributed by atoms with Crippen molar-refractivity contribution in [2.75, 3.05) is 6.54 Å². The summed E-state index contributed by atoms with van der Waals surface area (Å²) >= 11 is 0. The number of hydrogen-bond donors (Lipinski definition) is 0. The number of carbonyl (C=O) groups is 1. The summed E-state index contributed by atoms with van der Waals surface area (Å²) in [4.78, 5) is 20.2. The van der Waals surface area contributed by atoms with Crippen LogP contribution in [0.25, 0.3) is 22.2 Å². The lowest BCUT2D eigenvalue weighted by molar-refractivity contribution is 0.0637. The molecule has 0 N–H and O–H groups in total. The third-order valence-corrected chi connectivity index (χ3v) is 5.44. The van der Waals surface area contributed by atoms with Gasteiger partial charge in [-0.05, 0) is 52.2 Å². The molecule has 2 aromatic heterocycles. The quantitative estimate of drug-likeness (QED) is 0.679. The minimum atomic E-state index is 0.110. The molecule has 0 radical (unpaired) electrons. The zero-order valence-corrected chi connectivity index (χ0v) is 16.2. The second-order valence-electron chi connectivity index (χ2n) is 7.72. The van der Waals surface area contributed by atoms with Crippen LogP contribution >= 0.6 is 0 Å². The SMILES string of the molecule is CC(C)n1cc(-c2cc(C(=O)N3CCCC[C@H]3C)c3ccccc3n2)cn1. The maximum absolute atomic E-state index is 13.4. The molecule has 0 aliphatic carbocycles. The number of benzene rings is 1. The van der Waals surface area contributed by atoms with Crippen LogP contribution in [0.5, 0.6) is 0 Å². The van der Waals surface area contributed by atoms with Gasteiger partial charge < -0.3 is 4.90 Å². The fourth-order valence-corrected chi connectivity index (χ4v) is 3.81. The molecular formula is C22H26N4O. The van der Waals surface area contributed by atoms with Crippen molar-refractivity contribution in [2.24, 2.45) is 0 Å². The Balaban J connectivity index is 1.82. The highest BCUT2D eigenvalue weighted by molar-refractivity contribution is 6.07. The summed E-state index contributed by atoms with van der Waals surface area (Å²) in [7, 11) is 0. The van der Waals surface area contributed by atoms with E-state index in [0.717, 1.165) is 47.1 Å². The Morgan fingerprint density at radius 1 is 1.22 bits per heavy atom. The van der Waals surface area contributed by atoms with Crippen LogP contribution in [-0.2, 0) is 0 Å². The van der Waals surface area contributed by atoms with Gasteiger partial charge in [0, 0.05) is 35.8 Å². The van der Waals surface area contributed by atoms with Crippen LogP contribution in [0.4, 0.5) is 0 Å². The lowest BCUT2D eigenvalue weighted by Crippen LogP contribution is -2.42. The first-order valence-corrected chi connectivity index (χ1v) is 9.80. The smallest absolute Gasteiger partial charge is 0.254 e. The molecule has 0 saturated carbocycles. The Morgan fingerprint density at radius 2 is 2.04 bits per heavy atom. The Labute approximate surface area is 160 Å². The number of amides is 1. The summed E-state index contributed by atoms with van der Waals surface area (Å²) in [6.07, 6.45) is 7.17. The molecule has 1 aliphatic rings. The van der Waals surface area contributed by atoms with E-state index < -0.39 is 0 Å². The number of para-hydroxylation sites is 1. The van der Waals surface area contributed by atoms with Gasteiger partial charge in [0.25, 0.3) is 5.91 Å². The number of fused-ring (bicyclic) bond motifs is 1. The predicted octanol–water partition coefficient (Wildman–Crippen LogP) is 4.69. The molecule has 27 heavy (non-hydrogen) atoms. The zero-order valence-electron chi connectivity index (χ0n) is 16.2. The van der Waals surface area contributed by atoms with Crippen molar-refractivity contribution in [2.45, 2.75) is 52.1 Å². The highest BCUT2D eigenvalue weighted by Crippen LogP contribution is 2.28. The molecule has 5 nitrogen and oxygen atoms in total. The Bertz CT molecular complexity index is 975. The van der Waals surface area contributed by atoms with Gasteiger partial charge in [0.15, 0.2) is 0 Å². The van der Waals surface area contributed by atoms with Crippen LogP contribution in [-0.4, -0.2) is 38.2 Å². The van der Waals surface area contributed by atoms with E-state index in [9.17, 15) is 4.79 Å². The Hall–Kier alpha value is -2.69. The minimum Gasteiger partial charge on any atom is -0.336 e. The molecule has 4 rings (SSSR count). The molecule has 5 heteroatoms. The lowest BCUT2D eigenvalue weighted by atomic mass is 10.00. The standard InChI is InChI=1S/C22H26N4O/c1-15(2)26-14-17(13-23-26)21-12-19(18-9-4-5-10-20(18)24-21)22(27)25-11-7-6-8-16(25)3/h4-5,9-10,12-16H,6-8,11H2,1-3H3/t16-/m1/s1. The third kappa shape index (κ3) is 3.34. The summed E-state index contributed by atoms with van der Waals surface area (Å²) in [5, 5.41) is 5.35. The van der Waals surface area contributed by atoms with Crippen molar-refractivity contribution in [3.8, 4) is 11.3 Å². The largest absolute Gasteiger partial charge is 0.336 e. The summed E-state index contributed by atoms with van der Waals surface area (Å²) in [6.45, 7) is 7.17. The maximum atomic E-state index is 13.4. The average Bonchev–Trinajstić information content (AvgIpc) is 3.17. The van der Waals surface area contributed by atoms with E-state index in [4.69, 9.17) is 4.98 Å². The molecule has 0 bridgehead atoms. The fourth-order valence-electron chi connectivity index (χ4n) is 3.81. The molecule has 1 aromatic carbocycles. The number of hydrogen-bond acceptors (Lipinski definition) is 3. The first-order chi connectivity index (χ1) is 13.0. The highest BCUT2D eigenvalue weighted by atomic mass is 16.2. The van der Waals surface area contributed by atoms with Crippen LogP contribution in [0.15, 0.2) is 42.7 Å². The van der Waals surface area contributed by atoms with Crippen molar-refractivity contribution in [1.29, 1.82) is 0 Å². The van der Waals surface area contributed by atoms with Crippen molar-refractivity contribution in [3.05, 3.63) is 48.3 Å². The lowest BCUT2D eigenvalue weighted by Gasteiger charge is -2.33. The number of likely N-dealkylation sites (tertiary alicyclic amines) is 1. The summed E-state index contributed by atoms with van der Waals surface area (Å²) in [6, 6.07) is 10.4. The number of nitrogens with zero attached hydrogens (tertiary/aromatic N) is 4. The monoisotopic (exact) mass is 362 g/mol. The third-order valence-electron chi connectivity index (χ3n) is 5.44. The van der Waals surface area contributed by atoms with E-state index in [1.807, 2.05) is 52.3 Å². The Morgan fingerprint density at radius 3 is 2.78 bits per heavy atom. The Kier molecular flexibility index (Phi) is 4.68. The second kappa shape index (κ2) is 7.14. The van der Waals surface area contributed by atoms with E-state index in [1.165, 1.54) is 6.42 Å². The van der Waals surface area contributed by atoms with Gasteiger partial charge in [-0.25, -0.2) is 4.98 Å². The average molecular weight is 362 g/mol. The molecule has 140 valence electrons. The second-order valence-corrected chi connectivity index (χ2v) is 7.72.